The average Bonchev–Trinajstić information content (AvgIpc) is 2.35. The number of aryl methyl sites for hydroxylation is 2. The summed E-state index contributed by atoms with van der Waals surface area (Å²) in [5.74, 6) is -1.67. The molecule has 2 unspecified atom stereocenters. The number of aliphatic carboxylic acids is 1. The van der Waals surface area contributed by atoms with Gasteiger partial charge in [-0.15, -0.1) is 0 Å². The van der Waals surface area contributed by atoms with Gasteiger partial charge in [0.25, 0.3) is 0 Å². The predicted molar refractivity (Wildman–Crippen MR) is 80.4 cm³/mol. The van der Waals surface area contributed by atoms with Crippen molar-refractivity contribution >= 4 is 17.6 Å². The third kappa shape index (κ3) is 2.33. The zero-order valence-corrected chi connectivity index (χ0v) is 12.6. The molecule has 1 N–H and O–H groups in total. The van der Waals surface area contributed by atoms with Crippen LogP contribution in [0.2, 0.25) is 0 Å². The zero-order valence-electron chi connectivity index (χ0n) is 12.6. The van der Waals surface area contributed by atoms with Gasteiger partial charge in [-0.05, 0) is 62.3 Å². The maximum atomic E-state index is 12.7. The van der Waals surface area contributed by atoms with Gasteiger partial charge in [0.2, 0.25) is 5.91 Å². The van der Waals surface area contributed by atoms with Gasteiger partial charge in [0, 0.05) is 12.2 Å². The molecule has 1 aromatic rings. The standard InChI is InChI=1S/C17H21NO3/c1-10-8-11(2)12-4-3-7-18(15(12)9-10)16(19)13-5-6-14(13)17(20)21/h8-9,13-14H,3-7H2,1-2H3,(H,20,21). The van der Waals surface area contributed by atoms with Crippen molar-refractivity contribution in [2.24, 2.45) is 11.8 Å². The second-order valence-corrected chi connectivity index (χ2v) is 6.30. The van der Waals surface area contributed by atoms with Crippen molar-refractivity contribution in [2.45, 2.75) is 39.5 Å². The Labute approximate surface area is 124 Å². The summed E-state index contributed by atoms with van der Waals surface area (Å²) >= 11 is 0. The maximum absolute atomic E-state index is 12.7. The Morgan fingerprint density at radius 1 is 1.19 bits per heavy atom. The second-order valence-electron chi connectivity index (χ2n) is 6.30. The number of carbonyl (C=O) groups excluding carboxylic acids is 1. The van der Waals surface area contributed by atoms with E-state index in [1.54, 1.807) is 0 Å². The van der Waals surface area contributed by atoms with Crippen LogP contribution in [-0.2, 0) is 16.0 Å². The van der Waals surface area contributed by atoms with Gasteiger partial charge in [0.15, 0.2) is 0 Å². The fourth-order valence-corrected chi connectivity index (χ4v) is 3.60. The van der Waals surface area contributed by atoms with Crippen LogP contribution in [0.15, 0.2) is 12.1 Å². The lowest BCUT2D eigenvalue weighted by molar-refractivity contribution is -0.152. The summed E-state index contributed by atoms with van der Waals surface area (Å²) in [7, 11) is 0. The number of carboxylic acids is 1. The summed E-state index contributed by atoms with van der Waals surface area (Å²) in [6, 6.07) is 4.21. The fourth-order valence-electron chi connectivity index (χ4n) is 3.60. The Kier molecular flexibility index (Phi) is 3.47. The van der Waals surface area contributed by atoms with Crippen molar-refractivity contribution in [1.29, 1.82) is 0 Å². The zero-order chi connectivity index (χ0) is 15.1. The smallest absolute Gasteiger partial charge is 0.307 e. The van der Waals surface area contributed by atoms with Crippen LogP contribution in [0, 0.1) is 25.7 Å². The Hall–Kier alpha value is -1.84. The number of benzene rings is 1. The summed E-state index contributed by atoms with van der Waals surface area (Å²) in [6.07, 6.45) is 3.27. The van der Waals surface area contributed by atoms with E-state index < -0.39 is 11.9 Å². The molecule has 1 fully saturated rings. The Morgan fingerprint density at radius 2 is 1.90 bits per heavy atom. The molecule has 1 aliphatic carbocycles. The predicted octanol–water partition coefficient (Wildman–Crippen LogP) is 2.69. The van der Waals surface area contributed by atoms with Crippen LogP contribution in [0.5, 0.6) is 0 Å². The van der Waals surface area contributed by atoms with Gasteiger partial charge < -0.3 is 10.0 Å². The summed E-state index contributed by atoms with van der Waals surface area (Å²) in [6.45, 7) is 4.83. The molecule has 1 aromatic carbocycles. The van der Waals surface area contributed by atoms with Gasteiger partial charge in [0.05, 0.1) is 11.8 Å². The monoisotopic (exact) mass is 287 g/mol. The minimum absolute atomic E-state index is 0.000370. The molecule has 1 aliphatic heterocycles. The minimum atomic E-state index is -0.836. The number of hydrogen-bond acceptors (Lipinski definition) is 2. The number of hydrogen-bond donors (Lipinski definition) is 1. The van der Waals surface area contributed by atoms with Crippen LogP contribution in [0.4, 0.5) is 5.69 Å². The number of carbonyl (C=O) groups is 2. The molecular formula is C17H21NO3. The second kappa shape index (κ2) is 5.17. The number of anilines is 1. The lowest BCUT2D eigenvalue weighted by Gasteiger charge is -2.39. The van der Waals surface area contributed by atoms with E-state index in [2.05, 4.69) is 19.1 Å². The normalized spacial score (nSPS) is 24.2. The lowest BCUT2D eigenvalue weighted by Crippen LogP contribution is -2.47. The Bertz CT molecular complexity index is 608. The van der Waals surface area contributed by atoms with E-state index in [1.165, 1.54) is 11.1 Å². The van der Waals surface area contributed by atoms with Gasteiger partial charge in [-0.1, -0.05) is 6.07 Å². The number of rotatable bonds is 2. The summed E-state index contributed by atoms with van der Waals surface area (Å²) in [4.78, 5) is 25.7. The average molecular weight is 287 g/mol. The molecule has 1 amide bonds. The third-order valence-electron chi connectivity index (χ3n) is 4.87. The highest BCUT2D eigenvalue weighted by molar-refractivity contribution is 5.99. The van der Waals surface area contributed by atoms with Crippen molar-refractivity contribution in [1.82, 2.24) is 0 Å². The van der Waals surface area contributed by atoms with Crippen molar-refractivity contribution < 1.29 is 14.7 Å². The van der Waals surface area contributed by atoms with E-state index in [9.17, 15) is 9.59 Å². The van der Waals surface area contributed by atoms with E-state index >= 15 is 0 Å². The molecule has 21 heavy (non-hydrogen) atoms. The molecule has 0 spiro atoms. The first-order valence-corrected chi connectivity index (χ1v) is 7.63. The summed E-state index contributed by atoms with van der Waals surface area (Å²) < 4.78 is 0. The van der Waals surface area contributed by atoms with E-state index in [1.807, 2.05) is 11.8 Å². The largest absolute Gasteiger partial charge is 0.481 e. The van der Waals surface area contributed by atoms with Gasteiger partial charge in [-0.3, -0.25) is 9.59 Å². The first-order chi connectivity index (χ1) is 9.99. The molecule has 0 radical (unpaired) electrons. The van der Waals surface area contributed by atoms with Gasteiger partial charge in [0.1, 0.15) is 0 Å². The summed E-state index contributed by atoms with van der Waals surface area (Å²) in [5, 5.41) is 9.16. The quantitative estimate of drug-likeness (QED) is 0.910. The van der Waals surface area contributed by atoms with Crippen LogP contribution in [0.25, 0.3) is 0 Å². The first kappa shape index (κ1) is 14.1. The fraction of sp³-hybridized carbons (Fsp3) is 0.529. The van der Waals surface area contributed by atoms with E-state index in [-0.39, 0.29) is 11.8 Å². The van der Waals surface area contributed by atoms with Gasteiger partial charge in [-0.25, -0.2) is 0 Å². The van der Waals surface area contributed by atoms with Crippen LogP contribution in [0.3, 0.4) is 0 Å². The maximum Gasteiger partial charge on any atom is 0.307 e. The first-order valence-electron chi connectivity index (χ1n) is 7.63. The Balaban J connectivity index is 1.92. The molecular weight excluding hydrogens is 266 g/mol. The van der Waals surface area contributed by atoms with Crippen molar-refractivity contribution in [2.75, 3.05) is 11.4 Å². The number of amides is 1. The molecule has 2 aliphatic rings. The minimum Gasteiger partial charge on any atom is -0.481 e. The number of nitrogens with zero attached hydrogens (tertiary/aromatic N) is 1. The molecule has 1 heterocycles. The molecule has 4 heteroatoms. The molecule has 112 valence electrons. The SMILES string of the molecule is Cc1cc(C)c2c(c1)N(C(=O)C1CCC1C(=O)O)CCC2. The van der Waals surface area contributed by atoms with E-state index in [0.29, 0.717) is 19.4 Å². The van der Waals surface area contributed by atoms with Crippen molar-refractivity contribution in [3.05, 3.63) is 28.8 Å². The number of fused-ring (bicyclic) bond motifs is 1. The van der Waals surface area contributed by atoms with E-state index in [4.69, 9.17) is 5.11 Å². The highest BCUT2D eigenvalue weighted by Crippen LogP contribution is 2.39. The van der Waals surface area contributed by atoms with Crippen molar-refractivity contribution in [3.8, 4) is 0 Å². The highest BCUT2D eigenvalue weighted by atomic mass is 16.4. The topological polar surface area (TPSA) is 57.6 Å². The third-order valence-corrected chi connectivity index (χ3v) is 4.87. The molecule has 0 aromatic heterocycles. The lowest BCUT2D eigenvalue weighted by atomic mass is 9.72. The van der Waals surface area contributed by atoms with Crippen LogP contribution >= 0.6 is 0 Å². The molecule has 3 rings (SSSR count). The molecule has 4 nitrogen and oxygen atoms in total. The summed E-state index contributed by atoms with van der Waals surface area (Å²) in [5.41, 5.74) is 4.62. The van der Waals surface area contributed by atoms with Crippen LogP contribution in [-0.4, -0.2) is 23.5 Å². The highest BCUT2D eigenvalue weighted by Gasteiger charge is 2.44. The van der Waals surface area contributed by atoms with Crippen LogP contribution < -0.4 is 4.90 Å². The number of carboxylic acid groups (broad SMARTS) is 1. The molecule has 0 saturated heterocycles. The van der Waals surface area contributed by atoms with E-state index in [0.717, 1.165) is 24.1 Å². The molecule has 2 atom stereocenters. The van der Waals surface area contributed by atoms with Crippen LogP contribution in [0.1, 0.15) is 36.0 Å². The van der Waals surface area contributed by atoms with Crippen molar-refractivity contribution in [3.63, 3.8) is 0 Å². The Morgan fingerprint density at radius 3 is 2.52 bits per heavy atom. The van der Waals surface area contributed by atoms with Gasteiger partial charge >= 0.3 is 5.97 Å². The molecule has 1 saturated carbocycles. The van der Waals surface area contributed by atoms with Gasteiger partial charge in [-0.2, -0.15) is 0 Å². The molecule has 0 bridgehead atoms.